The third-order valence-electron chi connectivity index (χ3n) is 5.46. The Bertz CT molecular complexity index is 1050. The fourth-order valence-corrected chi connectivity index (χ4v) is 3.92. The molecule has 0 aromatic heterocycles. The van der Waals surface area contributed by atoms with Crippen LogP contribution in [0.15, 0.2) is 78.9 Å². The van der Waals surface area contributed by atoms with Gasteiger partial charge in [0.2, 0.25) is 5.91 Å². The van der Waals surface area contributed by atoms with E-state index >= 15 is 0 Å². The van der Waals surface area contributed by atoms with Crippen LogP contribution in [0.4, 0.5) is 14.9 Å². The van der Waals surface area contributed by atoms with E-state index in [-0.39, 0.29) is 30.7 Å². The molecule has 6 heteroatoms. The summed E-state index contributed by atoms with van der Waals surface area (Å²) in [5.41, 5.74) is 3.41. The number of likely N-dealkylation sites (tertiary alicyclic amines) is 1. The number of carbonyl (C=O) groups excluding carboxylic acids is 1. The Hall–Kier alpha value is -3.67. The first-order valence-electron chi connectivity index (χ1n) is 9.71. The number of nitrogens with zero attached hydrogens (tertiary/aromatic N) is 1. The standard InChI is InChI=1S/C24H21FN2O3/c25-19-11-9-17(10-12-19)21-14-27(24(29)30)15-22(21)23(28)26-20-8-4-7-18(13-20)16-5-2-1-3-6-16/h1-13,21-22H,14-15H2,(H,26,28)(H,29,30)/t21-,22+/m0/s1. The van der Waals surface area contributed by atoms with Gasteiger partial charge in [-0.15, -0.1) is 0 Å². The minimum Gasteiger partial charge on any atom is -0.465 e. The molecular formula is C24H21FN2O3. The molecule has 0 saturated carbocycles. The fraction of sp³-hybridized carbons (Fsp3) is 0.167. The fourth-order valence-electron chi connectivity index (χ4n) is 3.92. The number of carbonyl (C=O) groups is 2. The summed E-state index contributed by atoms with van der Waals surface area (Å²) in [5.74, 6) is -1.52. The number of hydrogen-bond donors (Lipinski definition) is 2. The van der Waals surface area contributed by atoms with Crippen molar-refractivity contribution in [1.82, 2.24) is 4.90 Å². The van der Waals surface area contributed by atoms with Crippen LogP contribution in [0.3, 0.4) is 0 Å². The zero-order valence-corrected chi connectivity index (χ0v) is 16.2. The van der Waals surface area contributed by atoms with Crippen molar-refractivity contribution in [1.29, 1.82) is 0 Å². The normalized spacial score (nSPS) is 18.2. The first-order valence-corrected chi connectivity index (χ1v) is 9.71. The topological polar surface area (TPSA) is 69.6 Å². The molecule has 0 radical (unpaired) electrons. The molecule has 152 valence electrons. The highest BCUT2D eigenvalue weighted by atomic mass is 19.1. The van der Waals surface area contributed by atoms with Crippen molar-refractivity contribution in [3.63, 3.8) is 0 Å². The van der Waals surface area contributed by atoms with Gasteiger partial charge in [0.1, 0.15) is 5.82 Å². The van der Waals surface area contributed by atoms with Crippen LogP contribution in [0.25, 0.3) is 11.1 Å². The molecule has 3 aromatic rings. The zero-order chi connectivity index (χ0) is 21.1. The molecule has 1 heterocycles. The van der Waals surface area contributed by atoms with E-state index < -0.39 is 12.0 Å². The molecule has 2 amide bonds. The van der Waals surface area contributed by atoms with Gasteiger partial charge in [-0.1, -0.05) is 54.6 Å². The van der Waals surface area contributed by atoms with Crippen molar-refractivity contribution in [2.24, 2.45) is 5.92 Å². The third kappa shape index (κ3) is 4.17. The molecule has 30 heavy (non-hydrogen) atoms. The minimum atomic E-state index is -1.07. The second-order valence-electron chi connectivity index (χ2n) is 7.39. The quantitative estimate of drug-likeness (QED) is 0.655. The molecule has 1 aliphatic heterocycles. The third-order valence-corrected chi connectivity index (χ3v) is 5.46. The summed E-state index contributed by atoms with van der Waals surface area (Å²) >= 11 is 0. The molecule has 0 aliphatic carbocycles. The lowest BCUT2D eigenvalue weighted by Crippen LogP contribution is -2.30. The Morgan fingerprint density at radius 1 is 0.900 bits per heavy atom. The van der Waals surface area contributed by atoms with Crippen molar-refractivity contribution in [3.05, 3.63) is 90.2 Å². The van der Waals surface area contributed by atoms with Crippen molar-refractivity contribution in [2.45, 2.75) is 5.92 Å². The average Bonchev–Trinajstić information content (AvgIpc) is 3.21. The molecule has 0 spiro atoms. The first-order chi connectivity index (χ1) is 14.5. The number of amides is 2. The van der Waals surface area contributed by atoms with E-state index in [1.54, 1.807) is 18.2 Å². The number of benzene rings is 3. The molecule has 1 aliphatic rings. The van der Waals surface area contributed by atoms with E-state index in [1.165, 1.54) is 17.0 Å². The van der Waals surface area contributed by atoms with Crippen LogP contribution in [-0.4, -0.2) is 35.1 Å². The van der Waals surface area contributed by atoms with Crippen LogP contribution < -0.4 is 5.32 Å². The summed E-state index contributed by atoms with van der Waals surface area (Å²) in [6.45, 7) is 0.296. The van der Waals surface area contributed by atoms with Gasteiger partial charge in [-0.05, 0) is 41.0 Å². The Morgan fingerprint density at radius 2 is 1.60 bits per heavy atom. The Balaban J connectivity index is 1.56. The summed E-state index contributed by atoms with van der Waals surface area (Å²) < 4.78 is 13.3. The first kappa shape index (κ1) is 19.6. The van der Waals surface area contributed by atoms with Crippen LogP contribution in [-0.2, 0) is 4.79 Å². The van der Waals surface area contributed by atoms with Crippen LogP contribution in [0.5, 0.6) is 0 Å². The number of halogens is 1. The molecule has 5 nitrogen and oxygen atoms in total. The molecule has 1 saturated heterocycles. The number of hydrogen-bond acceptors (Lipinski definition) is 2. The summed E-state index contributed by atoms with van der Waals surface area (Å²) in [7, 11) is 0. The second-order valence-corrected chi connectivity index (χ2v) is 7.39. The van der Waals surface area contributed by atoms with Gasteiger partial charge in [-0.25, -0.2) is 9.18 Å². The van der Waals surface area contributed by atoms with Gasteiger partial charge < -0.3 is 15.3 Å². The van der Waals surface area contributed by atoms with Crippen LogP contribution in [0.2, 0.25) is 0 Å². The number of rotatable bonds is 4. The lowest BCUT2D eigenvalue weighted by molar-refractivity contribution is -0.119. The maximum atomic E-state index is 13.3. The van der Waals surface area contributed by atoms with Gasteiger partial charge in [0.15, 0.2) is 0 Å². The van der Waals surface area contributed by atoms with Crippen LogP contribution >= 0.6 is 0 Å². The zero-order valence-electron chi connectivity index (χ0n) is 16.2. The molecule has 1 fully saturated rings. The SMILES string of the molecule is O=C(Nc1cccc(-c2ccccc2)c1)[C@@H]1CN(C(=O)O)C[C@H]1c1ccc(F)cc1. The summed E-state index contributed by atoms with van der Waals surface area (Å²) in [5, 5.41) is 12.3. The maximum Gasteiger partial charge on any atom is 0.407 e. The van der Waals surface area contributed by atoms with Crippen molar-refractivity contribution < 1.29 is 19.1 Å². The van der Waals surface area contributed by atoms with Gasteiger partial charge in [-0.3, -0.25) is 4.79 Å². The van der Waals surface area contributed by atoms with Gasteiger partial charge in [0, 0.05) is 24.7 Å². The Kier molecular flexibility index (Phi) is 5.48. The van der Waals surface area contributed by atoms with Crippen molar-refractivity contribution in [2.75, 3.05) is 18.4 Å². The number of anilines is 1. The molecular weight excluding hydrogens is 383 g/mol. The summed E-state index contributed by atoms with van der Waals surface area (Å²) in [6, 6.07) is 23.3. The predicted octanol–water partition coefficient (Wildman–Crippen LogP) is 4.82. The van der Waals surface area contributed by atoms with Crippen LogP contribution in [0, 0.1) is 11.7 Å². The van der Waals surface area contributed by atoms with Crippen molar-refractivity contribution in [3.8, 4) is 11.1 Å². The van der Waals surface area contributed by atoms with E-state index in [9.17, 15) is 19.1 Å². The lowest BCUT2D eigenvalue weighted by atomic mass is 9.88. The molecule has 2 N–H and O–H groups in total. The van der Waals surface area contributed by atoms with E-state index in [4.69, 9.17) is 0 Å². The lowest BCUT2D eigenvalue weighted by Gasteiger charge is -2.18. The van der Waals surface area contributed by atoms with Gasteiger partial charge >= 0.3 is 6.09 Å². The average molecular weight is 404 g/mol. The molecule has 2 atom stereocenters. The Morgan fingerprint density at radius 3 is 2.30 bits per heavy atom. The smallest absolute Gasteiger partial charge is 0.407 e. The monoisotopic (exact) mass is 404 g/mol. The van der Waals surface area contributed by atoms with Crippen molar-refractivity contribution >= 4 is 17.7 Å². The van der Waals surface area contributed by atoms with E-state index in [2.05, 4.69) is 5.32 Å². The predicted molar refractivity (Wildman–Crippen MR) is 113 cm³/mol. The summed E-state index contributed by atoms with van der Waals surface area (Å²) in [6.07, 6.45) is -1.07. The summed E-state index contributed by atoms with van der Waals surface area (Å²) in [4.78, 5) is 25.8. The van der Waals surface area contributed by atoms with Crippen LogP contribution in [0.1, 0.15) is 11.5 Å². The minimum absolute atomic E-state index is 0.0988. The van der Waals surface area contributed by atoms with Gasteiger partial charge in [0.25, 0.3) is 0 Å². The van der Waals surface area contributed by atoms with E-state index in [0.29, 0.717) is 5.69 Å². The molecule has 4 rings (SSSR count). The largest absolute Gasteiger partial charge is 0.465 e. The highest BCUT2D eigenvalue weighted by Gasteiger charge is 2.40. The number of carboxylic acid groups (broad SMARTS) is 1. The highest BCUT2D eigenvalue weighted by Crippen LogP contribution is 2.34. The van der Waals surface area contributed by atoms with Gasteiger partial charge in [0.05, 0.1) is 5.92 Å². The maximum absolute atomic E-state index is 13.3. The van der Waals surface area contributed by atoms with Gasteiger partial charge in [-0.2, -0.15) is 0 Å². The van der Waals surface area contributed by atoms with E-state index in [1.807, 2.05) is 48.5 Å². The second kappa shape index (κ2) is 8.37. The highest BCUT2D eigenvalue weighted by molar-refractivity contribution is 5.94. The molecule has 0 bridgehead atoms. The molecule has 0 unspecified atom stereocenters. The Labute approximate surface area is 173 Å². The molecule has 3 aromatic carbocycles. The number of nitrogens with one attached hydrogen (secondary N) is 1. The van der Waals surface area contributed by atoms with E-state index in [0.717, 1.165) is 16.7 Å².